The molecule has 2 nitrogen and oxygen atoms in total. The summed E-state index contributed by atoms with van der Waals surface area (Å²) in [5.41, 5.74) is 0. The number of hydrogen-bond donors (Lipinski definition) is 0. The van der Waals surface area contributed by atoms with Gasteiger partial charge in [0.2, 0.25) is 0 Å². The molecule has 0 radical (unpaired) electrons. The van der Waals surface area contributed by atoms with E-state index in [1.807, 2.05) is 19.1 Å². The molecule has 0 amide bonds. The lowest BCUT2D eigenvalue weighted by Crippen LogP contribution is -2.45. The summed E-state index contributed by atoms with van der Waals surface area (Å²) >= 11 is 0. The maximum atomic E-state index is 12.4. The van der Waals surface area contributed by atoms with Gasteiger partial charge in [0.15, 0.2) is 0 Å². The molecular formula is C12H15F5O2. The summed E-state index contributed by atoms with van der Waals surface area (Å²) in [6.45, 7) is 1.44. The predicted octanol–water partition coefficient (Wildman–Crippen LogP) is 4.03. The highest BCUT2D eigenvalue weighted by atomic mass is 19.4. The minimum atomic E-state index is -5.93. The van der Waals surface area contributed by atoms with Gasteiger partial charge in [0.25, 0.3) is 0 Å². The van der Waals surface area contributed by atoms with E-state index in [0.717, 1.165) is 6.42 Å². The van der Waals surface area contributed by atoms with Crippen molar-refractivity contribution in [2.75, 3.05) is 6.61 Å². The summed E-state index contributed by atoms with van der Waals surface area (Å²) in [6, 6.07) is 0. The van der Waals surface area contributed by atoms with Gasteiger partial charge in [-0.25, -0.2) is 4.79 Å². The molecule has 0 aromatic heterocycles. The van der Waals surface area contributed by atoms with Crippen molar-refractivity contribution in [2.45, 2.75) is 38.3 Å². The molecule has 7 heteroatoms. The van der Waals surface area contributed by atoms with Crippen LogP contribution in [-0.4, -0.2) is 24.7 Å². The third kappa shape index (κ3) is 6.35. The Labute approximate surface area is 107 Å². The summed E-state index contributed by atoms with van der Waals surface area (Å²) in [5.74, 6) is -8.03. The second kappa shape index (κ2) is 7.91. The van der Waals surface area contributed by atoms with E-state index in [2.05, 4.69) is 4.74 Å². The lowest BCUT2D eigenvalue weighted by atomic mass is 10.3. The number of hydrogen-bond acceptors (Lipinski definition) is 2. The highest BCUT2D eigenvalue weighted by molar-refractivity contribution is 5.78. The van der Waals surface area contributed by atoms with Gasteiger partial charge in [-0.2, -0.15) is 22.0 Å². The second-order valence-electron chi connectivity index (χ2n) is 3.58. The number of rotatable bonds is 7. The van der Waals surface area contributed by atoms with Gasteiger partial charge in [-0.05, 0) is 19.3 Å². The van der Waals surface area contributed by atoms with Gasteiger partial charge in [-0.15, -0.1) is 0 Å². The van der Waals surface area contributed by atoms with Crippen molar-refractivity contribution < 1.29 is 31.5 Å². The van der Waals surface area contributed by atoms with E-state index in [1.54, 1.807) is 12.2 Å². The Kier molecular flexibility index (Phi) is 7.33. The smallest absolute Gasteiger partial charge is 0.461 e. The van der Waals surface area contributed by atoms with Gasteiger partial charge < -0.3 is 4.74 Å². The third-order valence-electron chi connectivity index (χ3n) is 1.97. The Balaban J connectivity index is 3.96. The molecular weight excluding hydrogens is 271 g/mol. The van der Waals surface area contributed by atoms with E-state index >= 15 is 0 Å². The van der Waals surface area contributed by atoms with E-state index < -0.39 is 24.7 Å². The molecule has 0 unspecified atom stereocenters. The molecule has 0 rings (SSSR count). The summed E-state index contributed by atoms with van der Waals surface area (Å²) in [6.07, 6.45) is 2.71. The molecule has 0 aliphatic rings. The van der Waals surface area contributed by atoms with E-state index in [4.69, 9.17) is 0 Å². The van der Waals surface area contributed by atoms with Crippen molar-refractivity contribution in [3.05, 3.63) is 24.3 Å². The number of alkyl halides is 5. The van der Waals surface area contributed by atoms with Crippen molar-refractivity contribution >= 4 is 5.97 Å². The molecule has 0 fully saturated rings. The van der Waals surface area contributed by atoms with Crippen LogP contribution < -0.4 is 0 Å². The Bertz CT molecular complexity index is 332. The predicted molar refractivity (Wildman–Crippen MR) is 59.8 cm³/mol. The molecule has 0 aromatic rings. The number of carbonyl (C=O) groups is 1. The van der Waals surface area contributed by atoms with Gasteiger partial charge >= 0.3 is 18.1 Å². The van der Waals surface area contributed by atoms with Crippen LogP contribution in [0.5, 0.6) is 0 Å². The molecule has 110 valence electrons. The number of halogens is 5. The highest BCUT2D eigenvalue weighted by Crippen LogP contribution is 2.36. The van der Waals surface area contributed by atoms with E-state index in [9.17, 15) is 26.7 Å². The molecule has 19 heavy (non-hydrogen) atoms. The lowest BCUT2D eigenvalue weighted by Gasteiger charge is -2.17. The Hall–Kier alpha value is -1.40. The van der Waals surface area contributed by atoms with Crippen LogP contribution in [0.3, 0.4) is 0 Å². The van der Waals surface area contributed by atoms with Crippen molar-refractivity contribution in [3.8, 4) is 0 Å². The summed E-state index contributed by atoms with van der Waals surface area (Å²) in [5, 5.41) is 0. The number of carbonyl (C=O) groups excluding carboxylic acids is 1. The minimum Gasteiger partial charge on any atom is -0.461 e. The molecule has 0 atom stereocenters. The van der Waals surface area contributed by atoms with E-state index in [-0.39, 0.29) is 6.42 Å². The second-order valence-corrected chi connectivity index (χ2v) is 3.58. The standard InChI is InChI=1S/C12H15F5O2/c1-2-3-4-5-6-7-8-9-19-10(18)11(13,14)12(15,16)17/h3-4,6-7H,2,5,8-9H2,1H3/b4-3+,7-6+. The molecule has 0 aromatic carbocycles. The number of esters is 1. The number of ether oxygens (including phenoxy) is 1. The van der Waals surface area contributed by atoms with Crippen LogP contribution in [0.1, 0.15) is 26.2 Å². The molecule has 0 saturated heterocycles. The molecule has 0 N–H and O–H groups in total. The largest absolute Gasteiger partial charge is 0.465 e. The van der Waals surface area contributed by atoms with Crippen molar-refractivity contribution in [3.63, 3.8) is 0 Å². The van der Waals surface area contributed by atoms with Gasteiger partial charge in [0.1, 0.15) is 0 Å². The topological polar surface area (TPSA) is 26.3 Å². The van der Waals surface area contributed by atoms with Crippen molar-refractivity contribution in [1.29, 1.82) is 0 Å². The van der Waals surface area contributed by atoms with Crippen molar-refractivity contribution in [1.82, 2.24) is 0 Å². The Morgan fingerprint density at radius 1 is 1.05 bits per heavy atom. The van der Waals surface area contributed by atoms with Gasteiger partial charge in [-0.3, -0.25) is 0 Å². The van der Waals surface area contributed by atoms with Crippen LogP contribution in [0.4, 0.5) is 22.0 Å². The van der Waals surface area contributed by atoms with Crippen LogP contribution >= 0.6 is 0 Å². The summed E-state index contributed by atoms with van der Waals surface area (Å²) in [7, 11) is 0. The summed E-state index contributed by atoms with van der Waals surface area (Å²) in [4.78, 5) is 10.6. The maximum Gasteiger partial charge on any atom is 0.465 e. The molecule has 0 bridgehead atoms. The quantitative estimate of drug-likeness (QED) is 0.306. The first-order chi connectivity index (χ1) is 8.73. The monoisotopic (exact) mass is 286 g/mol. The normalized spacial score (nSPS) is 13.4. The fraction of sp³-hybridized carbons (Fsp3) is 0.583. The molecule has 0 saturated carbocycles. The zero-order valence-electron chi connectivity index (χ0n) is 10.3. The molecule has 0 aliphatic heterocycles. The van der Waals surface area contributed by atoms with Crippen LogP contribution in [-0.2, 0) is 9.53 Å². The first kappa shape index (κ1) is 17.6. The van der Waals surface area contributed by atoms with E-state index in [1.165, 1.54) is 0 Å². The Morgan fingerprint density at radius 2 is 1.63 bits per heavy atom. The summed E-state index contributed by atoms with van der Waals surface area (Å²) < 4.78 is 64.0. The average Bonchev–Trinajstić information content (AvgIpc) is 2.30. The van der Waals surface area contributed by atoms with Crippen molar-refractivity contribution in [2.24, 2.45) is 0 Å². The SMILES string of the molecule is CC/C=C/C/C=C/CCOC(=O)C(F)(F)C(F)(F)F. The van der Waals surface area contributed by atoms with Crippen LogP contribution in [0.25, 0.3) is 0 Å². The Morgan fingerprint density at radius 3 is 2.16 bits per heavy atom. The molecule has 0 aliphatic carbocycles. The molecule has 0 heterocycles. The van der Waals surface area contributed by atoms with Crippen LogP contribution in [0, 0.1) is 0 Å². The van der Waals surface area contributed by atoms with Crippen LogP contribution in [0.15, 0.2) is 24.3 Å². The van der Waals surface area contributed by atoms with E-state index in [0.29, 0.717) is 6.42 Å². The van der Waals surface area contributed by atoms with Gasteiger partial charge in [0.05, 0.1) is 6.61 Å². The first-order valence-electron chi connectivity index (χ1n) is 5.65. The first-order valence-corrected chi connectivity index (χ1v) is 5.65. The minimum absolute atomic E-state index is 0.0830. The van der Waals surface area contributed by atoms with Crippen LogP contribution in [0.2, 0.25) is 0 Å². The number of allylic oxidation sites excluding steroid dienone is 3. The van der Waals surface area contributed by atoms with Gasteiger partial charge in [-0.1, -0.05) is 31.2 Å². The maximum absolute atomic E-state index is 12.4. The zero-order chi connectivity index (χ0) is 14.9. The fourth-order valence-corrected chi connectivity index (χ4v) is 0.982. The fourth-order valence-electron chi connectivity index (χ4n) is 0.982. The average molecular weight is 286 g/mol. The zero-order valence-corrected chi connectivity index (χ0v) is 10.3. The lowest BCUT2D eigenvalue weighted by molar-refractivity contribution is -0.280. The molecule has 0 spiro atoms. The third-order valence-corrected chi connectivity index (χ3v) is 1.97. The van der Waals surface area contributed by atoms with Gasteiger partial charge in [0, 0.05) is 0 Å². The highest BCUT2D eigenvalue weighted by Gasteiger charge is 2.64.